The molecule has 254 valence electrons. The number of Topliss-reactive ketones (excluding diaryl/α,β-unsaturated/α-hetero) is 2. The van der Waals surface area contributed by atoms with Gasteiger partial charge in [-0.3, -0.25) is 31.2 Å². The number of rotatable bonds is 6. The molecule has 0 saturated carbocycles. The third-order valence-corrected chi connectivity index (χ3v) is 7.46. The van der Waals surface area contributed by atoms with E-state index in [1.54, 1.807) is 0 Å². The van der Waals surface area contributed by atoms with E-state index in [1.807, 2.05) is 0 Å². The maximum Gasteiger partial charge on any atom is 0.418 e. The molecule has 2 aromatic carbocycles. The van der Waals surface area contributed by atoms with Crippen molar-refractivity contribution in [3.63, 3.8) is 0 Å². The lowest BCUT2D eigenvalue weighted by Gasteiger charge is -2.21. The average Bonchev–Trinajstić information content (AvgIpc) is 2.99. The van der Waals surface area contributed by atoms with Crippen molar-refractivity contribution in [2.45, 2.75) is 12.4 Å². The van der Waals surface area contributed by atoms with Gasteiger partial charge in [0, 0.05) is 16.1 Å². The lowest BCUT2D eigenvalue weighted by atomic mass is 9.84. The molecule has 0 amide bonds. The first-order valence-electron chi connectivity index (χ1n) is 12.7. The molecule has 0 atom stereocenters. The van der Waals surface area contributed by atoms with Gasteiger partial charge in [-0.25, -0.2) is 9.59 Å². The summed E-state index contributed by atoms with van der Waals surface area (Å²) in [6, 6.07) is 8.69. The summed E-state index contributed by atoms with van der Waals surface area (Å²) < 4.78 is 77.4. The van der Waals surface area contributed by atoms with E-state index in [1.165, 1.54) is 36.4 Å². The van der Waals surface area contributed by atoms with Crippen LogP contribution in [0, 0.1) is 21.6 Å². The monoisotopic (exact) mass is 746 g/mol. The molecule has 0 heterocycles. The molecule has 0 unspecified atom stereocenters. The minimum absolute atomic E-state index is 0.0334. The van der Waals surface area contributed by atoms with E-state index in [4.69, 9.17) is 66.7 Å². The fourth-order valence-corrected chi connectivity index (χ4v) is 4.57. The van der Waals surface area contributed by atoms with Gasteiger partial charge in [0.05, 0.1) is 66.3 Å². The molecule has 2 aromatic rings. The second-order valence-corrected chi connectivity index (χ2v) is 10.8. The normalized spacial score (nSPS) is 15.4. The highest BCUT2D eigenvalue weighted by molar-refractivity contribution is 6.60. The molecule has 2 aliphatic rings. The summed E-state index contributed by atoms with van der Waals surface area (Å²) in [5, 5.41) is 48.9. The summed E-state index contributed by atoms with van der Waals surface area (Å²) in [4.78, 5) is 47.5. The second-order valence-electron chi connectivity index (χ2n) is 9.59. The highest BCUT2D eigenvalue weighted by Gasteiger charge is 2.44. The van der Waals surface area contributed by atoms with Crippen LogP contribution in [0.2, 0.25) is 15.1 Å². The molecule has 0 aliphatic heterocycles. The number of benzene rings is 2. The maximum absolute atomic E-state index is 12.9. The molecule has 0 bridgehead atoms. The maximum atomic E-state index is 12.9. The van der Waals surface area contributed by atoms with Crippen LogP contribution in [-0.2, 0) is 9.59 Å². The molecule has 4 rings (SSSR count). The van der Waals surface area contributed by atoms with Crippen molar-refractivity contribution in [2.75, 3.05) is 0 Å². The van der Waals surface area contributed by atoms with Crippen LogP contribution in [0.4, 0.5) is 26.3 Å². The van der Waals surface area contributed by atoms with Crippen molar-refractivity contribution in [3.8, 4) is 0 Å². The van der Waals surface area contributed by atoms with Gasteiger partial charge in [0.25, 0.3) is 0 Å². The van der Waals surface area contributed by atoms with Crippen molar-refractivity contribution in [3.05, 3.63) is 114 Å². The van der Waals surface area contributed by atoms with Crippen LogP contribution in [0.5, 0.6) is 0 Å². The third-order valence-electron chi connectivity index (χ3n) is 6.47. The van der Waals surface area contributed by atoms with E-state index in [0.717, 1.165) is 6.07 Å². The van der Waals surface area contributed by atoms with E-state index in [9.17, 15) is 45.5 Å². The molecule has 10 nitrogen and oxygen atoms in total. The van der Waals surface area contributed by atoms with E-state index in [-0.39, 0.29) is 33.3 Å². The van der Waals surface area contributed by atoms with E-state index < -0.39 is 92.1 Å². The second kappa shape index (κ2) is 14.1. The third kappa shape index (κ3) is 8.10. The summed E-state index contributed by atoms with van der Waals surface area (Å²) in [6.07, 6.45) is -9.68. The number of alkyl halides is 6. The van der Waals surface area contributed by atoms with E-state index >= 15 is 0 Å². The molecule has 0 spiro atoms. The Balaban J connectivity index is 0.000000266. The Hall–Kier alpha value is -5.19. The number of nitrogens with one attached hydrogen (secondary N) is 4. The summed E-state index contributed by atoms with van der Waals surface area (Å²) in [5.74, 6) is -5.66. The van der Waals surface area contributed by atoms with Gasteiger partial charge in [0.2, 0.25) is 0 Å². The smallest absolute Gasteiger partial charge is 0.418 e. The van der Waals surface area contributed by atoms with Crippen LogP contribution >= 0.6 is 34.8 Å². The summed E-state index contributed by atoms with van der Waals surface area (Å²) in [5.41, 5.74) is -11.8. The minimum Gasteiger partial charge on any atom is -0.478 e. The molecule has 49 heavy (non-hydrogen) atoms. The van der Waals surface area contributed by atoms with Gasteiger partial charge in [-0.2, -0.15) is 26.3 Å². The summed E-state index contributed by atoms with van der Waals surface area (Å²) >= 11 is 17.2. The van der Waals surface area contributed by atoms with Crippen LogP contribution < -0.4 is 0 Å². The van der Waals surface area contributed by atoms with Gasteiger partial charge >= 0.3 is 24.3 Å². The van der Waals surface area contributed by atoms with Gasteiger partial charge in [0.15, 0.2) is 11.6 Å². The molecular weight excluding hydrogens is 733 g/mol. The molecular formula is C30H15Cl3F6N4O6. The standard InChI is InChI=1S/C15H7Cl2F3N2O3.C15H8ClF3N2O3/c16-8-2-1-5(3-9(8)17)13(23)10-6(14(24)25)4-7(15(18,19)20)11(21)12(10)22;16-7-3-1-6(2-4-7)13(22)10-8(14(23)24)5-9(15(17,18)19)11(20)12(10)21/h1-4,21-22H,(H,24,25);1-5,20-21H,(H,23,24). The number of hydrogen-bond donors (Lipinski definition) is 6. The predicted octanol–water partition coefficient (Wildman–Crippen LogP) is 7.54. The van der Waals surface area contributed by atoms with Crippen molar-refractivity contribution in [1.29, 1.82) is 21.6 Å². The predicted molar refractivity (Wildman–Crippen MR) is 165 cm³/mol. The highest BCUT2D eigenvalue weighted by atomic mass is 35.5. The molecule has 19 heteroatoms. The van der Waals surface area contributed by atoms with Crippen LogP contribution in [0.1, 0.15) is 20.7 Å². The quantitative estimate of drug-likeness (QED) is 0.1000. The number of halogens is 9. The first-order valence-corrected chi connectivity index (χ1v) is 13.8. The van der Waals surface area contributed by atoms with Crippen molar-refractivity contribution >= 4 is 81.2 Å². The first kappa shape index (κ1) is 38.3. The Morgan fingerprint density at radius 3 is 1.27 bits per heavy atom. The zero-order chi connectivity index (χ0) is 37.3. The molecule has 0 aromatic heterocycles. The number of ketones is 2. The SMILES string of the molecule is N=C1C(=N)C(C(=O)c2ccc(Cl)c(Cl)c2)=C(C(=O)O)C=C1C(F)(F)F.N=C1C(=N)C(C(=O)c2ccc(Cl)cc2)=C(C(=O)O)C=C1C(F)(F)F. The molecule has 0 fully saturated rings. The van der Waals surface area contributed by atoms with E-state index in [0.29, 0.717) is 5.02 Å². The lowest BCUT2D eigenvalue weighted by molar-refractivity contribution is -0.133. The Bertz CT molecular complexity index is 2030. The minimum atomic E-state index is -5.04. The largest absolute Gasteiger partial charge is 0.478 e. The molecule has 6 N–H and O–H groups in total. The Labute approximate surface area is 284 Å². The fraction of sp³-hybridized carbons (Fsp3) is 0.0667. The lowest BCUT2D eigenvalue weighted by Crippen LogP contribution is -2.34. The average molecular weight is 748 g/mol. The number of aliphatic carboxylic acids is 2. The Morgan fingerprint density at radius 1 is 0.551 bits per heavy atom. The van der Waals surface area contributed by atoms with Gasteiger partial charge in [-0.05, 0) is 54.6 Å². The van der Waals surface area contributed by atoms with Crippen LogP contribution in [0.3, 0.4) is 0 Å². The molecule has 2 aliphatic carbocycles. The number of carboxylic acid groups (broad SMARTS) is 2. The van der Waals surface area contributed by atoms with Gasteiger partial charge in [-0.15, -0.1) is 0 Å². The molecule has 0 saturated heterocycles. The topological polar surface area (TPSA) is 204 Å². The summed E-state index contributed by atoms with van der Waals surface area (Å²) in [7, 11) is 0. The Morgan fingerprint density at radius 2 is 0.918 bits per heavy atom. The van der Waals surface area contributed by atoms with Gasteiger partial charge < -0.3 is 10.2 Å². The number of carboxylic acids is 2. The van der Waals surface area contributed by atoms with Crippen LogP contribution in [0.15, 0.2) is 88.1 Å². The number of allylic oxidation sites excluding steroid dienone is 4. The number of carbonyl (C=O) groups is 4. The van der Waals surface area contributed by atoms with Crippen molar-refractivity contribution in [1.82, 2.24) is 0 Å². The van der Waals surface area contributed by atoms with E-state index in [2.05, 4.69) is 0 Å². The number of carbonyl (C=O) groups excluding carboxylic acids is 2. The van der Waals surface area contributed by atoms with Crippen molar-refractivity contribution in [2.24, 2.45) is 0 Å². The van der Waals surface area contributed by atoms with Crippen LogP contribution in [0.25, 0.3) is 0 Å². The zero-order valence-electron chi connectivity index (χ0n) is 23.6. The fourth-order valence-electron chi connectivity index (χ4n) is 4.15. The van der Waals surface area contributed by atoms with Crippen LogP contribution in [-0.4, -0.2) is 68.9 Å². The number of hydrogen-bond acceptors (Lipinski definition) is 8. The van der Waals surface area contributed by atoms with Gasteiger partial charge in [-0.1, -0.05) is 34.8 Å². The zero-order valence-corrected chi connectivity index (χ0v) is 25.9. The molecule has 0 radical (unpaired) electrons. The summed E-state index contributed by atoms with van der Waals surface area (Å²) in [6.45, 7) is 0. The van der Waals surface area contributed by atoms with Crippen molar-refractivity contribution < 1.29 is 55.7 Å². The van der Waals surface area contributed by atoms with Gasteiger partial charge in [0.1, 0.15) is 0 Å². The Kier molecular flexibility index (Phi) is 11.0. The highest BCUT2D eigenvalue weighted by Crippen LogP contribution is 2.35. The first-order chi connectivity index (χ1) is 22.5.